The Bertz CT molecular complexity index is 739. The number of aromatic nitrogens is 2. The second-order valence-electron chi connectivity index (χ2n) is 4.88. The quantitative estimate of drug-likeness (QED) is 0.854. The van der Waals surface area contributed by atoms with Gasteiger partial charge in [-0.2, -0.15) is 4.98 Å². The fourth-order valence-corrected chi connectivity index (χ4v) is 2.01. The summed E-state index contributed by atoms with van der Waals surface area (Å²) >= 11 is 0. The van der Waals surface area contributed by atoms with Crippen molar-refractivity contribution in [1.29, 1.82) is 0 Å². The van der Waals surface area contributed by atoms with Crippen LogP contribution in [0.5, 0.6) is 5.88 Å². The molecule has 2 rings (SSSR count). The van der Waals surface area contributed by atoms with Crippen LogP contribution < -0.4 is 10.9 Å². The maximum absolute atomic E-state index is 12.3. The predicted octanol–water partition coefficient (Wildman–Crippen LogP) is 0.473. The van der Waals surface area contributed by atoms with Crippen LogP contribution in [0.1, 0.15) is 22.8 Å². The van der Waals surface area contributed by atoms with Gasteiger partial charge < -0.3 is 15.2 Å². The van der Waals surface area contributed by atoms with Crippen LogP contribution in [0, 0.1) is 6.92 Å². The Labute approximate surface area is 121 Å². The van der Waals surface area contributed by atoms with Gasteiger partial charge in [0.15, 0.2) is 5.56 Å². The maximum atomic E-state index is 12.3. The molecule has 0 aromatic carbocycles. The van der Waals surface area contributed by atoms with Crippen molar-refractivity contribution in [2.45, 2.75) is 19.9 Å². The van der Waals surface area contributed by atoms with Crippen molar-refractivity contribution in [3.63, 3.8) is 0 Å². The highest BCUT2D eigenvalue weighted by Crippen LogP contribution is 2.12. The number of amides is 1. The molecule has 7 heteroatoms. The van der Waals surface area contributed by atoms with E-state index < -0.39 is 17.3 Å². The highest BCUT2D eigenvalue weighted by Gasteiger charge is 2.21. The Hall–Kier alpha value is -2.41. The van der Waals surface area contributed by atoms with E-state index in [4.69, 9.17) is 4.74 Å². The smallest absolute Gasteiger partial charge is 0.274 e. The van der Waals surface area contributed by atoms with Gasteiger partial charge in [0, 0.05) is 19.3 Å². The molecule has 112 valence electrons. The zero-order valence-electron chi connectivity index (χ0n) is 12.1. The Kier molecular flexibility index (Phi) is 4.23. The lowest BCUT2D eigenvalue weighted by Gasteiger charge is -2.13. The van der Waals surface area contributed by atoms with Gasteiger partial charge in [0.05, 0.1) is 6.61 Å². The number of hydrogen-bond acceptors (Lipinski definition) is 5. The second-order valence-corrected chi connectivity index (χ2v) is 4.88. The molecular weight excluding hydrogens is 274 g/mol. The summed E-state index contributed by atoms with van der Waals surface area (Å²) in [7, 11) is 1.51. The monoisotopic (exact) mass is 291 g/mol. The molecule has 0 bridgehead atoms. The summed E-state index contributed by atoms with van der Waals surface area (Å²) in [5.74, 6) is -1.25. The number of carbonyl (C=O) groups excluding carboxylic acids is 1. The lowest BCUT2D eigenvalue weighted by Crippen LogP contribution is -2.39. The number of rotatable bonds is 4. The van der Waals surface area contributed by atoms with Crippen molar-refractivity contribution < 1.29 is 14.6 Å². The van der Waals surface area contributed by atoms with Gasteiger partial charge in [-0.25, -0.2) is 0 Å². The van der Waals surface area contributed by atoms with Crippen LogP contribution in [0.15, 0.2) is 23.1 Å². The number of ether oxygens (including phenoxy) is 1. The van der Waals surface area contributed by atoms with Crippen molar-refractivity contribution in [3.05, 3.63) is 39.8 Å². The Morgan fingerprint density at radius 2 is 2.29 bits per heavy atom. The molecule has 0 aliphatic carbocycles. The summed E-state index contributed by atoms with van der Waals surface area (Å²) in [6, 6.07) is 3.08. The number of fused-ring (bicyclic) bond motifs is 1. The molecule has 1 atom stereocenters. The normalized spacial score (nSPS) is 12.3. The fraction of sp³-hybridized carbons (Fsp3) is 0.357. The van der Waals surface area contributed by atoms with Gasteiger partial charge in [0.25, 0.3) is 11.5 Å². The van der Waals surface area contributed by atoms with Gasteiger partial charge in [0.2, 0.25) is 5.88 Å². The minimum atomic E-state index is -0.676. The molecule has 0 spiro atoms. The third kappa shape index (κ3) is 3.03. The minimum absolute atomic E-state index is 0.291. The highest BCUT2D eigenvalue weighted by atomic mass is 16.5. The van der Waals surface area contributed by atoms with E-state index in [0.29, 0.717) is 12.3 Å². The fourth-order valence-electron chi connectivity index (χ4n) is 2.01. The number of hydrogen-bond donors (Lipinski definition) is 2. The van der Waals surface area contributed by atoms with Crippen molar-refractivity contribution in [2.75, 3.05) is 13.7 Å². The van der Waals surface area contributed by atoms with Crippen LogP contribution in [-0.4, -0.2) is 40.2 Å². The second kappa shape index (κ2) is 5.92. The summed E-state index contributed by atoms with van der Waals surface area (Å²) in [6.07, 6.45) is 1.52. The molecule has 2 aromatic heterocycles. The van der Waals surface area contributed by atoms with Crippen LogP contribution in [0.4, 0.5) is 0 Å². The Morgan fingerprint density at radius 1 is 1.57 bits per heavy atom. The molecule has 0 saturated heterocycles. The molecule has 2 heterocycles. The van der Waals surface area contributed by atoms with E-state index in [1.165, 1.54) is 17.7 Å². The summed E-state index contributed by atoms with van der Waals surface area (Å²) in [5.41, 5.74) is 0.199. The number of carbonyl (C=O) groups is 1. The third-order valence-corrected chi connectivity index (χ3v) is 2.99. The SMILES string of the molecule is COC[C@H](C)NC(=O)c1c(O)nc2cc(C)ccn2c1=O. The van der Waals surface area contributed by atoms with Gasteiger partial charge >= 0.3 is 0 Å². The Morgan fingerprint density at radius 3 is 2.95 bits per heavy atom. The van der Waals surface area contributed by atoms with E-state index in [2.05, 4.69) is 10.3 Å². The van der Waals surface area contributed by atoms with E-state index in [9.17, 15) is 14.7 Å². The van der Waals surface area contributed by atoms with Gasteiger partial charge in [-0.05, 0) is 31.5 Å². The number of nitrogens with zero attached hydrogens (tertiary/aromatic N) is 2. The molecule has 0 saturated carbocycles. The van der Waals surface area contributed by atoms with E-state index >= 15 is 0 Å². The van der Waals surface area contributed by atoms with E-state index in [0.717, 1.165) is 5.56 Å². The Balaban J connectivity index is 2.47. The van der Waals surface area contributed by atoms with Crippen molar-refractivity contribution in [2.24, 2.45) is 0 Å². The van der Waals surface area contributed by atoms with Gasteiger partial charge in [0.1, 0.15) is 5.65 Å². The standard InChI is InChI=1S/C14H17N3O4/c1-8-4-5-17-10(6-8)16-13(19)11(14(17)20)12(18)15-9(2)7-21-3/h4-6,9,19H,7H2,1-3H3,(H,15,18)/t9-/m0/s1. The molecule has 1 amide bonds. The average molecular weight is 291 g/mol. The number of methoxy groups -OCH3 is 1. The van der Waals surface area contributed by atoms with Crippen LogP contribution in [0.3, 0.4) is 0 Å². The number of pyridine rings is 1. The van der Waals surface area contributed by atoms with Crippen molar-refractivity contribution in [3.8, 4) is 5.88 Å². The number of nitrogens with one attached hydrogen (secondary N) is 1. The number of aryl methyl sites for hydroxylation is 1. The molecule has 0 radical (unpaired) electrons. The maximum Gasteiger partial charge on any atom is 0.274 e. The molecule has 21 heavy (non-hydrogen) atoms. The first-order chi connectivity index (χ1) is 9.93. The van der Waals surface area contributed by atoms with E-state index in [1.54, 1.807) is 19.1 Å². The summed E-state index contributed by atoms with van der Waals surface area (Å²) < 4.78 is 6.13. The lowest BCUT2D eigenvalue weighted by molar-refractivity contribution is 0.0900. The van der Waals surface area contributed by atoms with Crippen LogP contribution in [-0.2, 0) is 4.74 Å². The van der Waals surface area contributed by atoms with Gasteiger partial charge in [-0.15, -0.1) is 0 Å². The van der Waals surface area contributed by atoms with Gasteiger partial charge in [-0.3, -0.25) is 14.0 Å². The summed E-state index contributed by atoms with van der Waals surface area (Å²) in [6.45, 7) is 3.87. The molecule has 2 N–H and O–H groups in total. The minimum Gasteiger partial charge on any atom is -0.493 e. The molecule has 0 unspecified atom stereocenters. The first-order valence-electron chi connectivity index (χ1n) is 6.46. The first kappa shape index (κ1) is 15.0. The molecule has 2 aromatic rings. The van der Waals surface area contributed by atoms with Crippen molar-refractivity contribution in [1.82, 2.24) is 14.7 Å². The van der Waals surface area contributed by atoms with E-state index in [-0.39, 0.29) is 11.6 Å². The van der Waals surface area contributed by atoms with Crippen LogP contribution in [0.2, 0.25) is 0 Å². The summed E-state index contributed by atoms with van der Waals surface area (Å²) in [4.78, 5) is 28.3. The molecule has 7 nitrogen and oxygen atoms in total. The van der Waals surface area contributed by atoms with Gasteiger partial charge in [-0.1, -0.05) is 0 Å². The largest absolute Gasteiger partial charge is 0.493 e. The molecule has 0 aliphatic rings. The van der Waals surface area contributed by atoms with Crippen LogP contribution >= 0.6 is 0 Å². The van der Waals surface area contributed by atoms with Crippen molar-refractivity contribution >= 4 is 11.6 Å². The molecule has 0 fully saturated rings. The molecular formula is C14H17N3O4. The zero-order valence-corrected chi connectivity index (χ0v) is 12.1. The topological polar surface area (TPSA) is 92.9 Å². The van der Waals surface area contributed by atoms with Crippen LogP contribution in [0.25, 0.3) is 5.65 Å². The zero-order chi connectivity index (χ0) is 15.6. The number of aromatic hydroxyl groups is 1. The lowest BCUT2D eigenvalue weighted by atomic mass is 10.2. The summed E-state index contributed by atoms with van der Waals surface area (Å²) in [5, 5.41) is 12.5. The first-order valence-corrected chi connectivity index (χ1v) is 6.46. The van der Waals surface area contributed by atoms with E-state index in [1.807, 2.05) is 6.92 Å². The third-order valence-electron chi connectivity index (χ3n) is 2.99. The average Bonchev–Trinajstić information content (AvgIpc) is 2.38. The highest BCUT2D eigenvalue weighted by molar-refractivity contribution is 5.96. The molecule has 0 aliphatic heterocycles. The predicted molar refractivity (Wildman–Crippen MR) is 76.7 cm³/mol.